The van der Waals surface area contributed by atoms with Crippen LogP contribution in [0.25, 0.3) is 6.08 Å². The molecule has 2 aliphatic rings. The molecule has 1 aliphatic carbocycles. The highest BCUT2D eigenvalue weighted by molar-refractivity contribution is 5.93. The molecule has 2 amide bonds. The van der Waals surface area contributed by atoms with E-state index in [4.69, 9.17) is 4.74 Å². The number of H-pyrrole nitrogens is 1. The van der Waals surface area contributed by atoms with Crippen LogP contribution in [0.15, 0.2) is 36.7 Å². The molecule has 3 heterocycles. The molecular weight excluding hydrogens is 356 g/mol. The van der Waals surface area contributed by atoms with Crippen molar-refractivity contribution in [3.8, 4) is 5.75 Å². The molecule has 1 saturated heterocycles. The fourth-order valence-corrected chi connectivity index (χ4v) is 3.59. The van der Waals surface area contributed by atoms with Crippen LogP contribution in [0.1, 0.15) is 41.0 Å². The summed E-state index contributed by atoms with van der Waals surface area (Å²) in [5, 5.41) is 0. The Morgan fingerprint density at radius 2 is 1.93 bits per heavy atom. The van der Waals surface area contributed by atoms with E-state index in [1.165, 1.54) is 12.6 Å². The Bertz CT molecular complexity index is 867. The molecule has 2 aromatic rings. The molecule has 7 nitrogen and oxygen atoms in total. The molecule has 1 fully saturated rings. The Balaban J connectivity index is 1.35. The van der Waals surface area contributed by atoms with Crippen molar-refractivity contribution in [2.45, 2.75) is 25.7 Å². The van der Waals surface area contributed by atoms with Gasteiger partial charge in [-0.3, -0.25) is 9.78 Å². The fraction of sp³-hybridized carbons (Fsp3) is 0.381. The molecule has 0 saturated carbocycles. The molecule has 7 heteroatoms. The second kappa shape index (κ2) is 8.29. The summed E-state index contributed by atoms with van der Waals surface area (Å²) in [6, 6.07) is 5.35. The monoisotopic (exact) mass is 380 g/mol. The number of ether oxygens (including phenoxy) is 1. The van der Waals surface area contributed by atoms with E-state index in [0.717, 1.165) is 30.5 Å². The first-order valence-electron chi connectivity index (χ1n) is 9.75. The number of nitrogens with one attached hydrogen (secondary N) is 1. The van der Waals surface area contributed by atoms with Crippen LogP contribution in [0.3, 0.4) is 0 Å². The summed E-state index contributed by atoms with van der Waals surface area (Å²) in [5.74, 6) is 0.406. The van der Waals surface area contributed by atoms with Gasteiger partial charge in [0.2, 0.25) is 0 Å². The average molecular weight is 380 g/mol. The Hall–Kier alpha value is -3.09. The molecule has 0 radical (unpaired) electrons. The van der Waals surface area contributed by atoms with E-state index < -0.39 is 6.09 Å². The van der Waals surface area contributed by atoms with E-state index in [9.17, 15) is 9.59 Å². The zero-order valence-corrected chi connectivity index (χ0v) is 15.8. The molecule has 0 spiro atoms. The molecule has 0 unspecified atom stereocenters. The number of rotatable bonds is 2. The lowest BCUT2D eigenvalue weighted by Gasteiger charge is -2.33. The van der Waals surface area contributed by atoms with Gasteiger partial charge in [0.05, 0.1) is 6.20 Å². The van der Waals surface area contributed by atoms with Gasteiger partial charge in [0, 0.05) is 38.1 Å². The summed E-state index contributed by atoms with van der Waals surface area (Å²) < 4.78 is 5.32. The van der Waals surface area contributed by atoms with Gasteiger partial charge in [-0.05, 0) is 49.4 Å². The van der Waals surface area contributed by atoms with Gasteiger partial charge in [-0.15, -0.1) is 0 Å². The van der Waals surface area contributed by atoms with E-state index >= 15 is 0 Å². The first kappa shape index (κ1) is 18.3. The third kappa shape index (κ3) is 4.08. The van der Waals surface area contributed by atoms with Crippen LogP contribution in [0.5, 0.6) is 5.75 Å². The predicted octanol–water partition coefficient (Wildman–Crippen LogP) is 3.11. The van der Waals surface area contributed by atoms with Crippen molar-refractivity contribution in [2.75, 3.05) is 26.2 Å². The lowest BCUT2D eigenvalue weighted by Crippen LogP contribution is -2.51. The molecule has 1 aliphatic heterocycles. The maximum atomic E-state index is 12.9. The highest BCUT2D eigenvalue weighted by Gasteiger charge is 2.27. The number of aromatic amines is 1. The van der Waals surface area contributed by atoms with Crippen LogP contribution >= 0.6 is 0 Å². The van der Waals surface area contributed by atoms with Crippen LogP contribution in [-0.2, 0) is 6.42 Å². The van der Waals surface area contributed by atoms with E-state index in [-0.39, 0.29) is 5.91 Å². The van der Waals surface area contributed by atoms with Crippen molar-refractivity contribution in [1.82, 2.24) is 19.8 Å². The van der Waals surface area contributed by atoms with E-state index in [1.807, 2.05) is 6.07 Å². The van der Waals surface area contributed by atoms with E-state index in [1.54, 1.807) is 28.1 Å². The normalized spacial score (nSPS) is 18.0. The average Bonchev–Trinajstić information content (AvgIpc) is 3.10. The van der Waals surface area contributed by atoms with Gasteiger partial charge in [-0.25, -0.2) is 4.79 Å². The van der Waals surface area contributed by atoms with E-state index in [0.29, 0.717) is 37.6 Å². The molecule has 0 aromatic carbocycles. The molecule has 2 aromatic heterocycles. The molecule has 0 bridgehead atoms. The minimum Gasteiger partial charge on any atom is -0.409 e. The van der Waals surface area contributed by atoms with Crippen molar-refractivity contribution in [2.24, 2.45) is 0 Å². The van der Waals surface area contributed by atoms with Crippen LogP contribution in [-0.4, -0.2) is 57.9 Å². The number of pyridine rings is 1. The number of amides is 2. The zero-order valence-electron chi connectivity index (χ0n) is 15.8. The number of allylic oxidation sites excluding steroid dienone is 1. The second-order valence-electron chi connectivity index (χ2n) is 7.10. The Kier molecular flexibility index (Phi) is 5.41. The maximum absolute atomic E-state index is 12.9. The highest BCUT2D eigenvalue weighted by Crippen LogP contribution is 2.21. The van der Waals surface area contributed by atoms with Gasteiger partial charge >= 0.3 is 6.09 Å². The van der Waals surface area contributed by atoms with Crippen LogP contribution in [0.2, 0.25) is 0 Å². The van der Waals surface area contributed by atoms with Gasteiger partial charge in [0.15, 0.2) is 5.75 Å². The minimum absolute atomic E-state index is 0.0135. The molecule has 28 heavy (non-hydrogen) atoms. The highest BCUT2D eigenvalue weighted by atomic mass is 16.6. The largest absolute Gasteiger partial charge is 0.415 e. The SMILES string of the molecule is O=C(Oc1cccnc1)N1CCN(C(=O)c2cc3c([nH]2)CCCC/C=C\3)CC1. The second-order valence-corrected chi connectivity index (χ2v) is 7.10. The quantitative estimate of drug-likeness (QED) is 0.868. The molecular formula is C21H24N4O3. The van der Waals surface area contributed by atoms with Crippen molar-refractivity contribution >= 4 is 18.1 Å². The smallest absolute Gasteiger partial charge is 0.409 e. The zero-order chi connectivity index (χ0) is 19.3. The van der Waals surface area contributed by atoms with Crippen molar-refractivity contribution in [3.05, 3.63) is 53.6 Å². The number of carbonyl (C=O) groups is 2. The van der Waals surface area contributed by atoms with Crippen LogP contribution in [0.4, 0.5) is 4.79 Å². The number of fused-ring (bicyclic) bond motifs is 1. The number of piperazine rings is 1. The third-order valence-electron chi connectivity index (χ3n) is 5.17. The summed E-state index contributed by atoms with van der Waals surface area (Å²) in [7, 11) is 0. The number of hydrogen-bond acceptors (Lipinski definition) is 4. The van der Waals surface area contributed by atoms with Gasteiger partial charge in [0.25, 0.3) is 5.91 Å². The Labute approximate surface area is 164 Å². The molecule has 1 N–H and O–H groups in total. The number of aryl methyl sites for hydroxylation is 1. The number of hydrogen-bond donors (Lipinski definition) is 1. The van der Waals surface area contributed by atoms with Crippen molar-refractivity contribution < 1.29 is 14.3 Å². The lowest BCUT2D eigenvalue weighted by atomic mass is 10.0. The topological polar surface area (TPSA) is 78.5 Å². The third-order valence-corrected chi connectivity index (χ3v) is 5.17. The summed E-state index contributed by atoms with van der Waals surface area (Å²) in [6.07, 6.45) is 11.4. The molecule has 146 valence electrons. The Morgan fingerprint density at radius 1 is 1.11 bits per heavy atom. The molecule has 4 rings (SSSR count). The number of carbonyl (C=O) groups excluding carboxylic acids is 2. The van der Waals surface area contributed by atoms with E-state index in [2.05, 4.69) is 22.1 Å². The summed E-state index contributed by atoms with van der Waals surface area (Å²) in [4.78, 5) is 35.8. The minimum atomic E-state index is -0.409. The first-order valence-corrected chi connectivity index (χ1v) is 9.75. The maximum Gasteiger partial charge on any atom is 0.415 e. The summed E-state index contributed by atoms with van der Waals surface area (Å²) in [6.45, 7) is 1.87. The Morgan fingerprint density at radius 3 is 2.71 bits per heavy atom. The van der Waals surface area contributed by atoms with Crippen molar-refractivity contribution in [1.29, 1.82) is 0 Å². The predicted molar refractivity (Wildman–Crippen MR) is 105 cm³/mol. The molecule has 0 atom stereocenters. The number of aromatic nitrogens is 2. The van der Waals surface area contributed by atoms with Gasteiger partial charge in [-0.1, -0.05) is 12.2 Å². The van der Waals surface area contributed by atoms with Crippen molar-refractivity contribution in [3.63, 3.8) is 0 Å². The van der Waals surface area contributed by atoms with Gasteiger partial charge < -0.3 is 19.5 Å². The fourth-order valence-electron chi connectivity index (χ4n) is 3.59. The number of nitrogens with zero attached hydrogens (tertiary/aromatic N) is 3. The summed E-state index contributed by atoms with van der Waals surface area (Å²) >= 11 is 0. The lowest BCUT2D eigenvalue weighted by molar-refractivity contribution is 0.0628. The van der Waals surface area contributed by atoms with Gasteiger partial charge in [-0.2, -0.15) is 0 Å². The standard InChI is InChI=1S/C21H24N4O3/c26-20(19-14-16-6-3-1-2-4-8-18(16)23-19)24-10-12-25(13-11-24)21(27)28-17-7-5-9-22-15-17/h3,5-7,9,14-15,23H,1-2,4,8,10-13H2/b6-3-. The first-order chi connectivity index (χ1) is 13.7. The van der Waals surface area contributed by atoms with Crippen LogP contribution in [0, 0.1) is 0 Å². The summed E-state index contributed by atoms with van der Waals surface area (Å²) in [5.41, 5.74) is 2.88. The van der Waals surface area contributed by atoms with Crippen LogP contribution < -0.4 is 4.74 Å². The van der Waals surface area contributed by atoms with Gasteiger partial charge in [0.1, 0.15) is 5.69 Å².